The molecule has 2 aliphatic rings. The van der Waals surface area contributed by atoms with Crippen molar-refractivity contribution in [1.29, 1.82) is 0 Å². The zero-order valence-electron chi connectivity index (χ0n) is 24.4. The summed E-state index contributed by atoms with van der Waals surface area (Å²) in [6.07, 6.45) is 0.456. The fraction of sp³-hybridized carbons (Fsp3) is 0.394. The van der Waals surface area contributed by atoms with E-state index in [2.05, 4.69) is 23.1 Å². The number of hydrogen-bond donors (Lipinski definition) is 0. The molecule has 3 aromatic carbocycles. The van der Waals surface area contributed by atoms with Crippen LogP contribution in [-0.4, -0.2) is 49.3 Å². The highest BCUT2D eigenvalue weighted by molar-refractivity contribution is 5.83. The summed E-state index contributed by atoms with van der Waals surface area (Å²) in [6.45, 7) is 6.96. The molecule has 41 heavy (non-hydrogen) atoms. The fourth-order valence-electron chi connectivity index (χ4n) is 5.25. The van der Waals surface area contributed by atoms with Crippen LogP contribution in [0.25, 0.3) is 0 Å². The minimum absolute atomic E-state index is 0.145. The van der Waals surface area contributed by atoms with E-state index in [1.54, 1.807) is 0 Å². The predicted molar refractivity (Wildman–Crippen MR) is 156 cm³/mol. The van der Waals surface area contributed by atoms with Gasteiger partial charge in [0.25, 0.3) is 0 Å². The summed E-state index contributed by atoms with van der Waals surface area (Å²) in [4.78, 5) is 29.4. The average Bonchev–Trinajstić information content (AvgIpc) is 3.12. The normalized spacial score (nSPS) is 18.4. The van der Waals surface area contributed by atoms with Crippen molar-refractivity contribution in [2.45, 2.75) is 64.5 Å². The number of amides is 1. The Labute approximate surface area is 241 Å². The van der Waals surface area contributed by atoms with Crippen LogP contribution in [0.15, 0.2) is 66.7 Å². The first-order valence-corrected chi connectivity index (χ1v) is 14.0. The van der Waals surface area contributed by atoms with Gasteiger partial charge in [0.05, 0.1) is 19.3 Å². The second-order valence-corrected chi connectivity index (χ2v) is 11.6. The van der Waals surface area contributed by atoms with E-state index in [1.165, 1.54) is 12.0 Å². The van der Waals surface area contributed by atoms with Crippen molar-refractivity contribution in [2.75, 3.05) is 25.6 Å². The van der Waals surface area contributed by atoms with Crippen molar-refractivity contribution in [3.8, 4) is 11.5 Å². The van der Waals surface area contributed by atoms with Crippen LogP contribution in [-0.2, 0) is 33.8 Å². The lowest BCUT2D eigenvalue weighted by atomic mass is 9.93. The maximum atomic E-state index is 13.1. The van der Waals surface area contributed by atoms with Gasteiger partial charge >= 0.3 is 12.1 Å². The third kappa shape index (κ3) is 6.59. The molecular formula is C33H38N2O6. The Balaban J connectivity index is 1.36. The van der Waals surface area contributed by atoms with Crippen LogP contribution in [0.5, 0.6) is 11.5 Å². The summed E-state index contributed by atoms with van der Waals surface area (Å²) in [7, 11) is 3.39. The van der Waals surface area contributed by atoms with Gasteiger partial charge in [0.15, 0.2) is 0 Å². The van der Waals surface area contributed by atoms with E-state index in [1.807, 2.05) is 76.3 Å². The Morgan fingerprint density at radius 3 is 2.41 bits per heavy atom. The number of carbonyl (C=O) groups excluding carboxylic acids is 2. The topological polar surface area (TPSA) is 77.5 Å². The van der Waals surface area contributed by atoms with Gasteiger partial charge in [-0.15, -0.1) is 0 Å². The summed E-state index contributed by atoms with van der Waals surface area (Å²) < 4.78 is 23.2. The molecule has 5 rings (SSSR count). The van der Waals surface area contributed by atoms with Gasteiger partial charge in [-0.25, -0.2) is 9.59 Å². The second-order valence-electron chi connectivity index (χ2n) is 11.6. The van der Waals surface area contributed by atoms with E-state index in [4.69, 9.17) is 18.9 Å². The van der Waals surface area contributed by atoms with E-state index >= 15 is 0 Å². The van der Waals surface area contributed by atoms with Crippen LogP contribution in [0, 0.1) is 0 Å². The molecule has 0 bridgehead atoms. The van der Waals surface area contributed by atoms with Crippen LogP contribution in [0.1, 0.15) is 55.5 Å². The molecule has 0 aliphatic carbocycles. The smallest absolute Gasteiger partial charge is 0.411 e. The molecule has 2 aliphatic heterocycles. The van der Waals surface area contributed by atoms with Gasteiger partial charge in [0.2, 0.25) is 0 Å². The molecule has 1 amide bonds. The maximum absolute atomic E-state index is 13.1. The quantitative estimate of drug-likeness (QED) is 0.352. The van der Waals surface area contributed by atoms with Crippen LogP contribution in [0.3, 0.4) is 0 Å². The summed E-state index contributed by atoms with van der Waals surface area (Å²) in [5.41, 5.74) is 4.38. The molecular weight excluding hydrogens is 520 g/mol. The van der Waals surface area contributed by atoms with E-state index in [-0.39, 0.29) is 12.6 Å². The number of carbonyl (C=O) groups is 2. The third-order valence-corrected chi connectivity index (χ3v) is 7.42. The van der Waals surface area contributed by atoms with Crippen LogP contribution >= 0.6 is 0 Å². The summed E-state index contributed by atoms with van der Waals surface area (Å²) in [6, 6.07) is 21.5. The second kappa shape index (κ2) is 11.7. The van der Waals surface area contributed by atoms with Crippen molar-refractivity contribution < 1.29 is 28.5 Å². The van der Waals surface area contributed by atoms with Crippen LogP contribution in [0.2, 0.25) is 0 Å². The van der Waals surface area contributed by atoms with Gasteiger partial charge in [-0.05, 0) is 67.3 Å². The largest absolute Gasteiger partial charge is 0.489 e. The number of hydrogen-bond acceptors (Lipinski definition) is 7. The summed E-state index contributed by atoms with van der Waals surface area (Å²) >= 11 is 0. The van der Waals surface area contributed by atoms with E-state index in [0.717, 1.165) is 52.4 Å². The first kappa shape index (κ1) is 28.3. The highest BCUT2D eigenvalue weighted by atomic mass is 16.6. The first-order chi connectivity index (χ1) is 19.6. The van der Waals surface area contributed by atoms with Gasteiger partial charge in [0, 0.05) is 26.4 Å². The molecule has 0 radical (unpaired) electrons. The molecule has 0 fully saturated rings. The molecule has 216 valence electrons. The number of esters is 1. The lowest BCUT2D eigenvalue weighted by molar-refractivity contribution is -0.147. The molecule has 0 saturated heterocycles. The molecule has 0 unspecified atom stereocenters. The Morgan fingerprint density at radius 1 is 1.00 bits per heavy atom. The number of methoxy groups -OCH3 is 1. The average molecular weight is 559 g/mol. The molecule has 2 heterocycles. The molecule has 8 heteroatoms. The van der Waals surface area contributed by atoms with Crippen LogP contribution in [0.4, 0.5) is 10.5 Å². The van der Waals surface area contributed by atoms with E-state index in [0.29, 0.717) is 13.0 Å². The number of ether oxygens (including phenoxy) is 4. The molecule has 2 atom stereocenters. The van der Waals surface area contributed by atoms with Crippen molar-refractivity contribution in [2.24, 2.45) is 0 Å². The number of benzene rings is 3. The van der Waals surface area contributed by atoms with Gasteiger partial charge < -0.3 is 23.8 Å². The zero-order chi connectivity index (χ0) is 29.1. The fourth-order valence-corrected chi connectivity index (χ4v) is 5.25. The van der Waals surface area contributed by atoms with E-state index < -0.39 is 23.7 Å². The molecule has 3 aromatic rings. The van der Waals surface area contributed by atoms with Crippen molar-refractivity contribution >= 4 is 17.7 Å². The monoisotopic (exact) mass is 558 g/mol. The maximum Gasteiger partial charge on any atom is 0.411 e. The first-order valence-electron chi connectivity index (χ1n) is 14.0. The van der Waals surface area contributed by atoms with Crippen molar-refractivity contribution in [1.82, 2.24) is 4.90 Å². The Bertz CT molecular complexity index is 1380. The SMILES string of the molecule is COC(=O)[C@@H]1Cc2cc3c(cc2CN1C(=O)OC(C)(C)C)O[C@@H](c1ccc(OCc2ccccc2)cc1)CCN3C. The summed E-state index contributed by atoms with van der Waals surface area (Å²) in [5, 5.41) is 0. The Kier molecular flexibility index (Phi) is 8.10. The lowest BCUT2D eigenvalue weighted by Crippen LogP contribution is -2.50. The minimum atomic E-state index is -0.757. The Morgan fingerprint density at radius 2 is 1.73 bits per heavy atom. The van der Waals surface area contributed by atoms with E-state index in [9.17, 15) is 9.59 Å². The van der Waals surface area contributed by atoms with Crippen molar-refractivity contribution in [3.63, 3.8) is 0 Å². The van der Waals surface area contributed by atoms with Gasteiger partial charge in [-0.1, -0.05) is 42.5 Å². The van der Waals surface area contributed by atoms with Gasteiger partial charge in [-0.2, -0.15) is 0 Å². The number of nitrogens with zero attached hydrogens (tertiary/aromatic N) is 2. The van der Waals surface area contributed by atoms with Crippen molar-refractivity contribution in [3.05, 3.63) is 89.0 Å². The number of rotatable bonds is 5. The lowest BCUT2D eigenvalue weighted by Gasteiger charge is -2.36. The number of fused-ring (bicyclic) bond motifs is 2. The molecule has 0 aromatic heterocycles. The zero-order valence-corrected chi connectivity index (χ0v) is 24.4. The third-order valence-electron chi connectivity index (χ3n) is 7.42. The van der Waals surface area contributed by atoms with Gasteiger partial charge in [0.1, 0.15) is 35.9 Å². The van der Waals surface area contributed by atoms with Gasteiger partial charge in [-0.3, -0.25) is 4.90 Å². The molecule has 0 N–H and O–H groups in total. The Hall–Kier alpha value is -4.20. The number of anilines is 1. The minimum Gasteiger partial charge on any atom is -0.489 e. The predicted octanol–water partition coefficient (Wildman–Crippen LogP) is 6.06. The van der Waals surface area contributed by atoms with Crippen LogP contribution < -0.4 is 14.4 Å². The highest BCUT2D eigenvalue weighted by Gasteiger charge is 2.39. The summed E-state index contributed by atoms with van der Waals surface area (Å²) in [5.74, 6) is 1.09. The molecule has 8 nitrogen and oxygen atoms in total. The molecule has 0 spiro atoms. The standard InChI is InChI=1S/C33H38N2O6/c1-33(2,3)41-32(37)35-20-25-19-30-27(17-24(25)18-28(35)31(36)38-5)34(4)16-15-29(40-30)23-11-13-26(14-12-23)39-21-22-9-7-6-8-10-22/h6-14,17,19,28-29H,15-16,18,20-21H2,1-5H3/t28-,29+/m0/s1. The molecule has 0 saturated carbocycles. The highest BCUT2D eigenvalue weighted by Crippen LogP contribution is 2.41.